The van der Waals surface area contributed by atoms with Crippen molar-refractivity contribution in [3.05, 3.63) is 71.8 Å². The van der Waals surface area contributed by atoms with E-state index in [0.717, 1.165) is 11.1 Å². The molecule has 0 saturated heterocycles. The molecule has 0 aliphatic carbocycles. The van der Waals surface area contributed by atoms with E-state index in [0.29, 0.717) is 0 Å². The molecular formula is C22H32N2O2S2. The molecule has 2 rings (SSSR count). The average molecular weight is 421 g/mol. The van der Waals surface area contributed by atoms with Crippen molar-refractivity contribution in [2.45, 2.75) is 63.1 Å². The summed E-state index contributed by atoms with van der Waals surface area (Å²) in [5, 5.41) is 0. The van der Waals surface area contributed by atoms with Gasteiger partial charge >= 0.3 is 0 Å². The van der Waals surface area contributed by atoms with Gasteiger partial charge in [-0.1, -0.05) is 60.7 Å². The minimum atomic E-state index is -1.29. The summed E-state index contributed by atoms with van der Waals surface area (Å²) in [4.78, 5) is 0. The van der Waals surface area contributed by atoms with Crippen LogP contribution in [0.25, 0.3) is 0 Å². The Morgan fingerprint density at radius 1 is 0.607 bits per heavy atom. The van der Waals surface area contributed by atoms with Crippen LogP contribution in [-0.4, -0.2) is 17.9 Å². The molecule has 0 aromatic heterocycles. The van der Waals surface area contributed by atoms with Crippen LogP contribution >= 0.6 is 0 Å². The predicted octanol–water partition coefficient (Wildman–Crippen LogP) is 4.57. The molecule has 28 heavy (non-hydrogen) atoms. The topological polar surface area (TPSA) is 58.2 Å². The fourth-order valence-corrected chi connectivity index (χ4v) is 4.27. The van der Waals surface area contributed by atoms with Crippen LogP contribution < -0.4 is 9.44 Å². The van der Waals surface area contributed by atoms with Gasteiger partial charge in [-0.05, 0) is 52.7 Å². The molecule has 0 bridgehead atoms. The summed E-state index contributed by atoms with van der Waals surface area (Å²) in [5.74, 6) is 0. The van der Waals surface area contributed by atoms with Crippen molar-refractivity contribution < 1.29 is 8.42 Å². The van der Waals surface area contributed by atoms with E-state index in [2.05, 4.69) is 9.44 Å². The molecule has 2 N–H and O–H groups in total. The number of hydrogen-bond acceptors (Lipinski definition) is 2. The molecule has 0 aliphatic rings. The van der Waals surface area contributed by atoms with E-state index in [4.69, 9.17) is 0 Å². The summed E-state index contributed by atoms with van der Waals surface area (Å²) in [7, 11) is -2.57. The average Bonchev–Trinajstić information content (AvgIpc) is 2.64. The minimum absolute atomic E-state index is 0.310. The van der Waals surface area contributed by atoms with Gasteiger partial charge in [0.1, 0.15) is 0 Å². The van der Waals surface area contributed by atoms with Gasteiger partial charge in [-0.3, -0.25) is 0 Å². The van der Waals surface area contributed by atoms with Gasteiger partial charge in [-0.25, -0.2) is 17.9 Å². The Hall–Kier alpha value is -1.34. The Morgan fingerprint density at radius 3 is 1.14 bits per heavy atom. The summed E-state index contributed by atoms with van der Waals surface area (Å²) in [6.07, 6.45) is 0. The molecule has 0 heterocycles. The molecule has 0 aliphatic heterocycles. The second-order valence-electron chi connectivity index (χ2n) is 8.77. The van der Waals surface area contributed by atoms with Gasteiger partial charge in [0, 0.05) is 0 Å². The second kappa shape index (κ2) is 9.44. The van der Waals surface area contributed by atoms with Crippen molar-refractivity contribution in [3.63, 3.8) is 0 Å². The van der Waals surface area contributed by atoms with Gasteiger partial charge in [-0.2, -0.15) is 0 Å². The molecule has 2 unspecified atom stereocenters. The molecule has 0 spiro atoms. The lowest BCUT2D eigenvalue weighted by molar-refractivity contribution is 0.485. The van der Waals surface area contributed by atoms with Crippen LogP contribution in [0.5, 0.6) is 0 Å². The van der Waals surface area contributed by atoms with E-state index in [1.807, 2.05) is 102 Å². The first-order valence-corrected chi connectivity index (χ1v) is 11.8. The van der Waals surface area contributed by atoms with E-state index >= 15 is 0 Å². The molecule has 0 amide bonds. The highest BCUT2D eigenvalue weighted by atomic mass is 32.2. The summed E-state index contributed by atoms with van der Waals surface area (Å²) < 4.78 is 31.7. The van der Waals surface area contributed by atoms with Crippen LogP contribution in [0.2, 0.25) is 0 Å². The lowest BCUT2D eigenvalue weighted by atomic mass is 9.95. The third-order valence-electron chi connectivity index (χ3n) is 4.23. The molecule has 2 aromatic carbocycles. The Balaban J connectivity index is 2.51. The van der Waals surface area contributed by atoms with Crippen LogP contribution in [0.3, 0.4) is 0 Å². The van der Waals surface area contributed by atoms with Gasteiger partial charge < -0.3 is 0 Å². The maximum absolute atomic E-state index is 13.0. The molecule has 6 heteroatoms. The molecule has 0 fully saturated rings. The first kappa shape index (κ1) is 22.9. The van der Waals surface area contributed by atoms with Crippen molar-refractivity contribution in [3.8, 4) is 0 Å². The molecule has 0 saturated carbocycles. The van der Waals surface area contributed by atoms with Gasteiger partial charge in [0.15, 0.2) is 0 Å². The molecule has 4 atom stereocenters. The number of hydrogen-bond donors (Lipinski definition) is 2. The Morgan fingerprint density at radius 2 is 0.893 bits per heavy atom. The van der Waals surface area contributed by atoms with Crippen LogP contribution in [0.1, 0.15) is 64.8 Å². The first-order valence-electron chi connectivity index (χ1n) is 9.46. The summed E-state index contributed by atoms with van der Waals surface area (Å²) >= 11 is 0. The monoisotopic (exact) mass is 420 g/mol. The van der Waals surface area contributed by atoms with Crippen LogP contribution in [0.4, 0.5) is 0 Å². The van der Waals surface area contributed by atoms with Crippen molar-refractivity contribution in [1.29, 1.82) is 0 Å². The molecule has 0 radical (unpaired) electrons. The maximum atomic E-state index is 13.0. The lowest BCUT2D eigenvalue weighted by Crippen LogP contribution is -2.44. The van der Waals surface area contributed by atoms with Gasteiger partial charge in [0.05, 0.1) is 43.5 Å². The number of benzene rings is 2. The maximum Gasteiger partial charge on any atom is 0.0976 e. The Labute approximate surface area is 174 Å². The predicted molar refractivity (Wildman–Crippen MR) is 120 cm³/mol. The van der Waals surface area contributed by atoms with Crippen LogP contribution in [-0.2, 0) is 22.0 Å². The van der Waals surface area contributed by atoms with Crippen molar-refractivity contribution in [2.24, 2.45) is 0 Å². The van der Waals surface area contributed by atoms with Crippen LogP contribution in [0.15, 0.2) is 60.7 Å². The molecule has 4 nitrogen and oxygen atoms in total. The molecule has 154 valence electrons. The number of rotatable bonds is 7. The summed E-state index contributed by atoms with van der Waals surface area (Å²) in [6, 6.07) is 19.2. The SMILES string of the molecule is CC(C)(C)S(=O)N[C@@H](c1ccccc1)[C@@H](NS(=O)C(C)(C)C)c1ccccc1. The molecular weight excluding hydrogens is 388 g/mol. The normalized spacial score (nSPS) is 16.9. The van der Waals surface area contributed by atoms with E-state index < -0.39 is 31.5 Å². The zero-order chi connectivity index (χ0) is 20.9. The standard InChI is InChI=1S/C22H32N2O2S2/c1-21(2,3)27(25)23-19(17-13-9-7-10-14-17)20(18-15-11-8-12-16-18)24-28(26)22(4,5)6/h7-16,19-20,23-24H,1-6H3/t19-,20-,27?,28?/m0/s1. The zero-order valence-corrected chi connectivity index (χ0v) is 19.2. The third kappa shape index (κ3) is 6.34. The van der Waals surface area contributed by atoms with Crippen LogP contribution in [0, 0.1) is 0 Å². The van der Waals surface area contributed by atoms with Crippen molar-refractivity contribution in [2.75, 3.05) is 0 Å². The quantitative estimate of drug-likeness (QED) is 0.689. The highest BCUT2D eigenvalue weighted by Crippen LogP contribution is 2.32. The van der Waals surface area contributed by atoms with E-state index in [9.17, 15) is 8.42 Å². The van der Waals surface area contributed by atoms with E-state index in [1.54, 1.807) is 0 Å². The van der Waals surface area contributed by atoms with Gasteiger partial charge in [0.2, 0.25) is 0 Å². The fraction of sp³-hybridized carbons (Fsp3) is 0.455. The summed E-state index contributed by atoms with van der Waals surface area (Å²) in [6.45, 7) is 11.6. The summed E-state index contributed by atoms with van der Waals surface area (Å²) in [5.41, 5.74) is 1.99. The second-order valence-corrected chi connectivity index (χ2v) is 12.8. The van der Waals surface area contributed by atoms with Crippen molar-refractivity contribution in [1.82, 2.24) is 9.44 Å². The van der Waals surface area contributed by atoms with E-state index in [-0.39, 0.29) is 12.1 Å². The fourth-order valence-electron chi connectivity index (χ4n) is 2.56. The lowest BCUT2D eigenvalue weighted by Gasteiger charge is -2.33. The largest absolute Gasteiger partial charge is 0.242 e. The number of nitrogens with one attached hydrogen (secondary N) is 2. The Kier molecular flexibility index (Phi) is 7.73. The van der Waals surface area contributed by atoms with Gasteiger partial charge in [-0.15, -0.1) is 0 Å². The van der Waals surface area contributed by atoms with Gasteiger partial charge in [0.25, 0.3) is 0 Å². The zero-order valence-electron chi connectivity index (χ0n) is 17.6. The highest BCUT2D eigenvalue weighted by Gasteiger charge is 2.33. The third-order valence-corrected chi connectivity index (χ3v) is 7.39. The smallest absolute Gasteiger partial charge is 0.0976 e. The first-order chi connectivity index (χ1) is 13.0. The minimum Gasteiger partial charge on any atom is -0.242 e. The van der Waals surface area contributed by atoms with Crippen molar-refractivity contribution >= 4 is 22.0 Å². The van der Waals surface area contributed by atoms with E-state index in [1.165, 1.54) is 0 Å². The highest BCUT2D eigenvalue weighted by molar-refractivity contribution is 7.84. The molecule has 2 aromatic rings. The Bertz CT molecular complexity index is 727.